The Morgan fingerprint density at radius 1 is 1.33 bits per heavy atom. The van der Waals surface area contributed by atoms with Crippen LogP contribution in [0.1, 0.15) is 12.8 Å². The van der Waals surface area contributed by atoms with Gasteiger partial charge >= 0.3 is 0 Å². The van der Waals surface area contributed by atoms with Gasteiger partial charge in [0.1, 0.15) is 9.84 Å². The second-order valence-corrected chi connectivity index (χ2v) is 6.35. The summed E-state index contributed by atoms with van der Waals surface area (Å²) in [4.78, 5) is 0. The Bertz CT molecular complexity index is 230. The van der Waals surface area contributed by atoms with Gasteiger partial charge in [-0.2, -0.15) is 0 Å². The molecular weight excluding hydrogens is 194 g/mol. The highest BCUT2D eigenvalue weighted by atomic mass is 32.2. The van der Waals surface area contributed by atoms with E-state index in [1.54, 1.807) is 11.9 Å². The van der Waals surface area contributed by atoms with Crippen LogP contribution in [0, 0.1) is 0 Å². The minimum atomic E-state index is -2.79. The van der Waals surface area contributed by atoms with E-state index in [0.29, 0.717) is 0 Å². The van der Waals surface area contributed by atoms with Crippen LogP contribution in [0.4, 0.5) is 0 Å². The van der Waals surface area contributed by atoms with Crippen LogP contribution < -0.4 is 0 Å². The molecule has 0 aromatic heterocycles. The van der Waals surface area contributed by atoms with Crippen molar-refractivity contribution in [2.45, 2.75) is 18.1 Å². The lowest BCUT2D eigenvalue weighted by molar-refractivity contribution is 0.380. The van der Waals surface area contributed by atoms with Gasteiger partial charge in [-0.1, -0.05) is 11.9 Å². The van der Waals surface area contributed by atoms with Crippen LogP contribution in [0.15, 0.2) is 0 Å². The molecule has 0 atom stereocenters. The predicted molar refractivity (Wildman–Crippen MR) is 53.0 cm³/mol. The molecule has 0 unspecified atom stereocenters. The van der Waals surface area contributed by atoms with Crippen LogP contribution in [0.5, 0.6) is 0 Å². The number of rotatable bonds is 2. The fourth-order valence-corrected chi connectivity index (χ4v) is 3.09. The van der Waals surface area contributed by atoms with E-state index < -0.39 is 9.84 Å². The molecule has 1 fully saturated rings. The molecule has 72 valence electrons. The fourth-order valence-electron chi connectivity index (χ4n) is 1.44. The second-order valence-electron chi connectivity index (χ2n) is 3.14. The highest BCUT2D eigenvalue weighted by molar-refractivity contribution is 7.96. The van der Waals surface area contributed by atoms with E-state index in [1.807, 2.05) is 6.26 Å². The Balaban J connectivity index is 2.47. The molecular formula is C7H15NO2S2. The number of hydrogen-bond acceptors (Lipinski definition) is 4. The lowest BCUT2D eigenvalue weighted by Crippen LogP contribution is -2.35. The third-order valence-corrected chi connectivity index (χ3v) is 4.83. The lowest BCUT2D eigenvalue weighted by Gasteiger charge is -2.28. The average molecular weight is 209 g/mol. The van der Waals surface area contributed by atoms with Crippen LogP contribution in [-0.4, -0.2) is 43.6 Å². The van der Waals surface area contributed by atoms with Crippen molar-refractivity contribution in [3.05, 3.63) is 0 Å². The summed E-state index contributed by atoms with van der Waals surface area (Å²) >= 11 is 1.70. The van der Waals surface area contributed by atoms with Crippen LogP contribution in [-0.2, 0) is 9.84 Å². The van der Waals surface area contributed by atoms with Crippen molar-refractivity contribution in [2.24, 2.45) is 0 Å². The molecule has 0 bridgehead atoms. The van der Waals surface area contributed by atoms with E-state index in [4.69, 9.17) is 0 Å². The quantitative estimate of drug-likeness (QED) is 0.630. The van der Waals surface area contributed by atoms with Gasteiger partial charge in [-0.05, 0) is 19.1 Å². The summed E-state index contributed by atoms with van der Waals surface area (Å²) in [5.41, 5.74) is 0. The van der Waals surface area contributed by atoms with Gasteiger partial charge in [-0.25, -0.2) is 8.42 Å². The van der Waals surface area contributed by atoms with Crippen molar-refractivity contribution in [1.82, 2.24) is 4.31 Å². The maximum Gasteiger partial charge on any atom is 0.150 e. The molecule has 0 aromatic carbocycles. The van der Waals surface area contributed by atoms with Gasteiger partial charge in [0.25, 0.3) is 0 Å². The third-order valence-electron chi connectivity index (χ3n) is 2.26. The first-order valence-electron chi connectivity index (χ1n) is 4.02. The maximum absolute atomic E-state index is 11.2. The van der Waals surface area contributed by atoms with Crippen molar-refractivity contribution in [3.63, 3.8) is 0 Å². The predicted octanol–water partition coefficient (Wildman–Crippen LogP) is 0.773. The van der Waals surface area contributed by atoms with Gasteiger partial charge in [0.05, 0.1) is 5.25 Å². The standard InChI is InChI=1S/C7H15NO2S2/c1-11-8-5-3-7(4-6-8)12(2,9)10/h7H,3-6H2,1-2H3. The Morgan fingerprint density at radius 3 is 2.17 bits per heavy atom. The van der Waals surface area contributed by atoms with Crippen LogP contribution >= 0.6 is 11.9 Å². The van der Waals surface area contributed by atoms with E-state index in [-0.39, 0.29) is 5.25 Å². The monoisotopic (exact) mass is 209 g/mol. The second kappa shape index (κ2) is 3.98. The first-order valence-corrected chi connectivity index (χ1v) is 7.15. The molecule has 0 saturated carbocycles. The largest absolute Gasteiger partial charge is 0.251 e. The Kier molecular flexibility index (Phi) is 3.43. The fraction of sp³-hybridized carbons (Fsp3) is 1.00. The molecule has 5 heteroatoms. The Hall–Kier alpha value is 0.260. The minimum absolute atomic E-state index is 0.0964. The molecule has 0 spiro atoms. The zero-order chi connectivity index (χ0) is 9.19. The molecule has 1 saturated heterocycles. The van der Waals surface area contributed by atoms with E-state index in [1.165, 1.54) is 6.26 Å². The number of hydrogen-bond donors (Lipinski definition) is 0. The van der Waals surface area contributed by atoms with Gasteiger partial charge in [0.2, 0.25) is 0 Å². The van der Waals surface area contributed by atoms with E-state index in [0.717, 1.165) is 25.9 Å². The zero-order valence-corrected chi connectivity index (χ0v) is 9.12. The summed E-state index contributed by atoms with van der Waals surface area (Å²) in [5.74, 6) is 0. The normalized spacial score (nSPS) is 22.8. The third kappa shape index (κ3) is 2.64. The number of nitrogens with zero attached hydrogens (tertiary/aromatic N) is 1. The summed E-state index contributed by atoms with van der Waals surface area (Å²) in [6.45, 7) is 1.80. The van der Waals surface area contributed by atoms with Crippen LogP contribution in [0.25, 0.3) is 0 Å². The smallest absolute Gasteiger partial charge is 0.150 e. The van der Waals surface area contributed by atoms with Crippen LogP contribution in [0.3, 0.4) is 0 Å². The molecule has 3 nitrogen and oxygen atoms in total. The van der Waals surface area contributed by atoms with Crippen molar-refractivity contribution in [2.75, 3.05) is 25.6 Å². The summed E-state index contributed by atoms with van der Waals surface area (Å²) in [7, 11) is -2.79. The molecule has 1 heterocycles. The zero-order valence-electron chi connectivity index (χ0n) is 7.49. The van der Waals surface area contributed by atoms with E-state index >= 15 is 0 Å². The van der Waals surface area contributed by atoms with Gasteiger partial charge < -0.3 is 0 Å². The maximum atomic E-state index is 11.2. The summed E-state index contributed by atoms with van der Waals surface area (Å²) < 4.78 is 24.5. The van der Waals surface area contributed by atoms with E-state index in [2.05, 4.69) is 4.31 Å². The molecule has 0 N–H and O–H groups in total. The molecule has 0 amide bonds. The van der Waals surface area contributed by atoms with Gasteiger partial charge in [-0.15, -0.1) is 0 Å². The first kappa shape index (κ1) is 10.3. The van der Waals surface area contributed by atoms with Crippen LogP contribution in [0.2, 0.25) is 0 Å². The van der Waals surface area contributed by atoms with E-state index in [9.17, 15) is 8.42 Å². The summed E-state index contributed by atoms with van der Waals surface area (Å²) in [5, 5.41) is -0.0964. The number of sulfone groups is 1. The molecule has 12 heavy (non-hydrogen) atoms. The van der Waals surface area contributed by atoms with Crippen molar-refractivity contribution in [3.8, 4) is 0 Å². The first-order chi connectivity index (χ1) is 5.54. The molecule has 1 aliphatic heterocycles. The topological polar surface area (TPSA) is 37.4 Å². The van der Waals surface area contributed by atoms with Gasteiger partial charge in [0.15, 0.2) is 0 Å². The minimum Gasteiger partial charge on any atom is -0.251 e. The SMILES string of the molecule is CSN1CCC(S(C)(=O)=O)CC1. The average Bonchev–Trinajstić information content (AvgIpc) is 2.03. The molecule has 0 aromatic rings. The Morgan fingerprint density at radius 2 is 1.83 bits per heavy atom. The van der Waals surface area contributed by atoms with Crippen molar-refractivity contribution < 1.29 is 8.42 Å². The molecule has 0 radical (unpaired) electrons. The highest BCUT2D eigenvalue weighted by Gasteiger charge is 2.25. The molecule has 0 aliphatic carbocycles. The molecule has 1 rings (SSSR count). The number of piperidine rings is 1. The highest BCUT2D eigenvalue weighted by Crippen LogP contribution is 2.20. The van der Waals surface area contributed by atoms with Crippen molar-refractivity contribution in [1.29, 1.82) is 0 Å². The summed E-state index contributed by atoms with van der Waals surface area (Å²) in [6.07, 6.45) is 4.95. The molecule has 1 aliphatic rings. The lowest BCUT2D eigenvalue weighted by atomic mass is 10.2. The van der Waals surface area contributed by atoms with Crippen molar-refractivity contribution >= 4 is 21.8 Å². The van der Waals surface area contributed by atoms with Gasteiger partial charge in [0, 0.05) is 19.3 Å². The Labute approximate surface area is 78.6 Å². The van der Waals surface area contributed by atoms with Gasteiger partial charge in [-0.3, -0.25) is 4.31 Å². The summed E-state index contributed by atoms with van der Waals surface area (Å²) in [6, 6.07) is 0.